The molecule has 0 spiro atoms. The van der Waals surface area contributed by atoms with Gasteiger partial charge in [-0.15, -0.1) is 0 Å². The highest BCUT2D eigenvalue weighted by Crippen LogP contribution is 2.22. The molecule has 1 aliphatic rings. The Hall–Kier alpha value is -1.06. The lowest BCUT2D eigenvalue weighted by Gasteiger charge is -2.22. The van der Waals surface area contributed by atoms with Crippen molar-refractivity contribution >= 4 is 0 Å². The van der Waals surface area contributed by atoms with Gasteiger partial charge in [-0.2, -0.15) is 0 Å². The van der Waals surface area contributed by atoms with Crippen LogP contribution in [0.5, 0.6) is 5.75 Å². The molecule has 1 saturated heterocycles. The molecule has 1 heterocycles. The maximum absolute atomic E-state index is 5.74. The SMILES string of the molecule is CC(C)Oc1cccc(C(C)NC2CCOC2C)c1. The van der Waals surface area contributed by atoms with Crippen LogP contribution in [0.2, 0.25) is 0 Å². The van der Waals surface area contributed by atoms with Crippen LogP contribution in [0.3, 0.4) is 0 Å². The lowest BCUT2D eigenvalue weighted by molar-refractivity contribution is 0.111. The lowest BCUT2D eigenvalue weighted by Crippen LogP contribution is -2.36. The number of rotatable bonds is 5. The summed E-state index contributed by atoms with van der Waals surface area (Å²) in [7, 11) is 0. The fourth-order valence-corrected chi connectivity index (χ4v) is 2.50. The molecule has 1 N–H and O–H groups in total. The van der Waals surface area contributed by atoms with Gasteiger partial charge in [0.15, 0.2) is 0 Å². The van der Waals surface area contributed by atoms with Gasteiger partial charge in [-0.05, 0) is 51.8 Å². The molecule has 0 radical (unpaired) electrons. The summed E-state index contributed by atoms with van der Waals surface area (Å²) in [6, 6.07) is 9.09. The van der Waals surface area contributed by atoms with Crippen LogP contribution in [0.15, 0.2) is 24.3 Å². The quantitative estimate of drug-likeness (QED) is 0.884. The fourth-order valence-electron chi connectivity index (χ4n) is 2.50. The number of nitrogens with one attached hydrogen (secondary N) is 1. The topological polar surface area (TPSA) is 30.5 Å². The van der Waals surface area contributed by atoms with Crippen LogP contribution in [0.25, 0.3) is 0 Å². The monoisotopic (exact) mass is 263 g/mol. The molecule has 2 rings (SSSR count). The minimum Gasteiger partial charge on any atom is -0.491 e. The summed E-state index contributed by atoms with van der Waals surface area (Å²) in [4.78, 5) is 0. The van der Waals surface area contributed by atoms with Crippen LogP contribution in [0.4, 0.5) is 0 Å². The molecule has 3 heteroatoms. The van der Waals surface area contributed by atoms with Gasteiger partial charge in [0.25, 0.3) is 0 Å². The van der Waals surface area contributed by atoms with Crippen LogP contribution in [0.1, 0.15) is 45.7 Å². The summed E-state index contributed by atoms with van der Waals surface area (Å²) in [6.07, 6.45) is 1.60. The molecule has 3 nitrogen and oxygen atoms in total. The average Bonchev–Trinajstić information content (AvgIpc) is 2.74. The molecule has 3 unspecified atom stereocenters. The summed E-state index contributed by atoms with van der Waals surface area (Å²) in [6.45, 7) is 9.29. The molecule has 1 fully saturated rings. The van der Waals surface area contributed by atoms with Crippen LogP contribution in [0, 0.1) is 0 Å². The van der Waals surface area contributed by atoms with E-state index in [0.717, 1.165) is 18.8 Å². The first-order valence-electron chi connectivity index (χ1n) is 7.20. The van der Waals surface area contributed by atoms with Crippen LogP contribution < -0.4 is 10.1 Å². The molecule has 0 bridgehead atoms. The molecule has 3 atom stereocenters. The zero-order valence-corrected chi connectivity index (χ0v) is 12.3. The average molecular weight is 263 g/mol. The standard InChI is InChI=1S/C16H25NO2/c1-11(2)19-15-7-5-6-14(10-15)12(3)17-16-8-9-18-13(16)4/h5-7,10-13,16-17H,8-9H2,1-4H3. The summed E-state index contributed by atoms with van der Waals surface area (Å²) in [5.41, 5.74) is 1.26. The largest absolute Gasteiger partial charge is 0.491 e. The van der Waals surface area contributed by atoms with Crippen molar-refractivity contribution in [1.82, 2.24) is 5.32 Å². The normalized spacial score (nSPS) is 24.7. The third-order valence-corrected chi connectivity index (χ3v) is 3.57. The summed E-state index contributed by atoms with van der Waals surface area (Å²) in [5.74, 6) is 0.942. The van der Waals surface area contributed by atoms with Crippen molar-refractivity contribution in [3.8, 4) is 5.75 Å². The van der Waals surface area contributed by atoms with E-state index in [2.05, 4.69) is 37.4 Å². The van der Waals surface area contributed by atoms with Gasteiger partial charge in [0.05, 0.1) is 12.2 Å². The van der Waals surface area contributed by atoms with Crippen LogP contribution in [-0.4, -0.2) is 24.9 Å². The Kier molecular flexibility index (Phi) is 4.83. The van der Waals surface area contributed by atoms with Crippen molar-refractivity contribution < 1.29 is 9.47 Å². The predicted octanol–water partition coefficient (Wildman–Crippen LogP) is 3.30. The molecule has 0 aromatic heterocycles. The van der Waals surface area contributed by atoms with Gasteiger partial charge in [0.2, 0.25) is 0 Å². The summed E-state index contributed by atoms with van der Waals surface area (Å²) >= 11 is 0. The lowest BCUT2D eigenvalue weighted by atomic mass is 10.0. The molecular formula is C16H25NO2. The Bertz CT molecular complexity index is 405. The second-order valence-electron chi connectivity index (χ2n) is 5.60. The Morgan fingerprint density at radius 3 is 2.74 bits per heavy atom. The highest BCUT2D eigenvalue weighted by Gasteiger charge is 2.25. The van der Waals surface area contributed by atoms with Gasteiger partial charge < -0.3 is 14.8 Å². The van der Waals surface area contributed by atoms with Crippen molar-refractivity contribution in [3.05, 3.63) is 29.8 Å². The van der Waals surface area contributed by atoms with Crippen molar-refractivity contribution in [3.63, 3.8) is 0 Å². The Labute approximate surface area is 116 Å². The minimum absolute atomic E-state index is 0.210. The van der Waals surface area contributed by atoms with Gasteiger partial charge in [0, 0.05) is 18.7 Å². The first kappa shape index (κ1) is 14.4. The van der Waals surface area contributed by atoms with Crippen molar-refractivity contribution in [1.29, 1.82) is 0 Å². The first-order valence-corrected chi connectivity index (χ1v) is 7.20. The number of hydrogen-bond acceptors (Lipinski definition) is 3. The van der Waals surface area contributed by atoms with Gasteiger partial charge in [-0.3, -0.25) is 0 Å². The van der Waals surface area contributed by atoms with E-state index in [4.69, 9.17) is 9.47 Å². The number of ether oxygens (including phenoxy) is 2. The van der Waals surface area contributed by atoms with Crippen LogP contribution in [-0.2, 0) is 4.74 Å². The van der Waals surface area contributed by atoms with E-state index < -0.39 is 0 Å². The van der Waals surface area contributed by atoms with Gasteiger partial charge >= 0.3 is 0 Å². The van der Waals surface area contributed by atoms with Gasteiger partial charge in [0.1, 0.15) is 5.75 Å². The smallest absolute Gasteiger partial charge is 0.120 e. The molecule has 0 amide bonds. The maximum Gasteiger partial charge on any atom is 0.120 e. The Morgan fingerprint density at radius 1 is 1.32 bits per heavy atom. The second-order valence-corrected chi connectivity index (χ2v) is 5.60. The molecule has 106 valence electrons. The Balaban J connectivity index is 2.00. The van der Waals surface area contributed by atoms with Crippen molar-refractivity contribution in [2.24, 2.45) is 0 Å². The predicted molar refractivity (Wildman–Crippen MR) is 77.6 cm³/mol. The molecule has 1 aromatic rings. The van der Waals surface area contributed by atoms with E-state index in [-0.39, 0.29) is 6.10 Å². The zero-order chi connectivity index (χ0) is 13.8. The summed E-state index contributed by atoms with van der Waals surface area (Å²) in [5, 5.41) is 3.64. The number of hydrogen-bond donors (Lipinski definition) is 1. The number of benzene rings is 1. The van der Waals surface area contributed by atoms with E-state index in [0.29, 0.717) is 18.2 Å². The molecular weight excluding hydrogens is 238 g/mol. The third kappa shape index (κ3) is 3.95. The molecule has 19 heavy (non-hydrogen) atoms. The third-order valence-electron chi connectivity index (χ3n) is 3.57. The van der Waals surface area contributed by atoms with E-state index in [1.807, 2.05) is 19.9 Å². The zero-order valence-electron chi connectivity index (χ0n) is 12.3. The second kappa shape index (κ2) is 6.40. The van der Waals surface area contributed by atoms with Gasteiger partial charge in [-0.25, -0.2) is 0 Å². The van der Waals surface area contributed by atoms with E-state index in [9.17, 15) is 0 Å². The molecule has 0 aliphatic carbocycles. The highest BCUT2D eigenvalue weighted by molar-refractivity contribution is 5.30. The van der Waals surface area contributed by atoms with Crippen molar-refractivity contribution in [2.75, 3.05) is 6.61 Å². The fraction of sp³-hybridized carbons (Fsp3) is 0.625. The van der Waals surface area contributed by atoms with E-state index >= 15 is 0 Å². The highest BCUT2D eigenvalue weighted by atomic mass is 16.5. The van der Waals surface area contributed by atoms with E-state index in [1.54, 1.807) is 0 Å². The molecule has 1 aromatic carbocycles. The summed E-state index contributed by atoms with van der Waals surface area (Å²) < 4.78 is 11.3. The van der Waals surface area contributed by atoms with Crippen molar-refractivity contribution in [2.45, 2.75) is 58.4 Å². The minimum atomic E-state index is 0.210. The first-order chi connectivity index (χ1) is 9.06. The van der Waals surface area contributed by atoms with Crippen LogP contribution >= 0.6 is 0 Å². The Morgan fingerprint density at radius 2 is 2.11 bits per heavy atom. The maximum atomic E-state index is 5.74. The van der Waals surface area contributed by atoms with E-state index in [1.165, 1.54) is 5.56 Å². The molecule has 0 saturated carbocycles. The van der Waals surface area contributed by atoms with Gasteiger partial charge in [-0.1, -0.05) is 12.1 Å². The molecule has 1 aliphatic heterocycles.